The summed E-state index contributed by atoms with van der Waals surface area (Å²) in [4.78, 5) is 10.6. The fraction of sp³-hybridized carbons (Fsp3) is 0.364. The van der Waals surface area contributed by atoms with E-state index in [1.807, 2.05) is 25.2 Å². The molecule has 0 bridgehead atoms. The summed E-state index contributed by atoms with van der Waals surface area (Å²) in [5, 5.41) is 0. The number of hydrogen-bond donors (Lipinski definition) is 0. The molecule has 0 fully saturated rings. The van der Waals surface area contributed by atoms with Gasteiger partial charge in [0.2, 0.25) is 0 Å². The topological polar surface area (TPSA) is 26.3 Å². The van der Waals surface area contributed by atoms with Crippen molar-refractivity contribution < 1.29 is 9.53 Å². The lowest BCUT2D eigenvalue weighted by Gasteiger charge is -1.86. The number of carbonyl (C=O) groups excluding carboxylic acids is 1. The summed E-state index contributed by atoms with van der Waals surface area (Å²) in [6.45, 7) is 2.00. The summed E-state index contributed by atoms with van der Waals surface area (Å²) in [7, 11) is 1.36. The molecule has 0 aliphatic heterocycles. The fourth-order valence-corrected chi connectivity index (χ4v) is 0.736. The van der Waals surface area contributed by atoms with Gasteiger partial charge in [-0.05, 0) is 19.8 Å². The van der Waals surface area contributed by atoms with Crippen LogP contribution in [0.2, 0.25) is 0 Å². The third-order valence-corrected chi connectivity index (χ3v) is 1.42. The van der Waals surface area contributed by atoms with Crippen molar-refractivity contribution in [1.29, 1.82) is 0 Å². The molecule has 0 heterocycles. The van der Waals surface area contributed by atoms with Gasteiger partial charge in [-0.3, -0.25) is 0 Å². The van der Waals surface area contributed by atoms with Crippen LogP contribution >= 0.6 is 0 Å². The number of rotatable bonds is 5. The van der Waals surface area contributed by atoms with Gasteiger partial charge in [-0.15, -0.1) is 0 Å². The average molecular weight is 180 g/mol. The van der Waals surface area contributed by atoms with E-state index in [-0.39, 0.29) is 5.97 Å². The number of carbonyl (C=O) groups is 1. The largest absolute Gasteiger partial charge is 0.466 e. The van der Waals surface area contributed by atoms with Crippen molar-refractivity contribution in [3.8, 4) is 0 Å². The van der Waals surface area contributed by atoms with Crippen molar-refractivity contribution >= 4 is 5.97 Å². The molecule has 0 aromatic carbocycles. The second-order valence-corrected chi connectivity index (χ2v) is 2.46. The number of esters is 1. The third kappa shape index (κ3) is 8.60. The van der Waals surface area contributed by atoms with Crippen LogP contribution in [-0.4, -0.2) is 13.1 Å². The highest BCUT2D eigenvalue weighted by Gasteiger charge is 1.85. The molecule has 0 saturated carbocycles. The Morgan fingerprint density at radius 2 is 1.92 bits per heavy atom. The Morgan fingerprint density at radius 1 is 1.23 bits per heavy atom. The second kappa shape index (κ2) is 8.78. The Balaban J connectivity index is 3.51. The minimum atomic E-state index is -0.321. The first-order chi connectivity index (χ1) is 6.31. The van der Waals surface area contributed by atoms with Crippen molar-refractivity contribution in [2.45, 2.75) is 19.8 Å². The zero-order valence-corrected chi connectivity index (χ0v) is 8.19. The first kappa shape index (κ1) is 11.7. The van der Waals surface area contributed by atoms with Crippen LogP contribution in [-0.2, 0) is 9.53 Å². The van der Waals surface area contributed by atoms with Crippen LogP contribution in [0.4, 0.5) is 0 Å². The van der Waals surface area contributed by atoms with Gasteiger partial charge < -0.3 is 4.74 Å². The van der Waals surface area contributed by atoms with E-state index in [2.05, 4.69) is 10.8 Å². The van der Waals surface area contributed by atoms with Gasteiger partial charge in [0.25, 0.3) is 0 Å². The standard InChI is InChI=1S/C11H16O2/c1-3-4-5-6-7-8-9-10-11(12)13-2/h3-4,7-10H,5-6H2,1-2H3/b4-3+,8-7+,10-9+. The van der Waals surface area contributed by atoms with Crippen LogP contribution in [0.25, 0.3) is 0 Å². The summed E-state index contributed by atoms with van der Waals surface area (Å²) in [6.07, 6.45) is 13.1. The van der Waals surface area contributed by atoms with Crippen LogP contribution < -0.4 is 0 Å². The van der Waals surface area contributed by atoms with Gasteiger partial charge in [0, 0.05) is 6.08 Å². The normalized spacial score (nSPS) is 11.8. The van der Waals surface area contributed by atoms with Crippen molar-refractivity contribution in [3.05, 3.63) is 36.5 Å². The van der Waals surface area contributed by atoms with Crippen LogP contribution in [0.5, 0.6) is 0 Å². The monoisotopic (exact) mass is 180 g/mol. The number of unbranched alkanes of at least 4 members (excludes halogenated alkanes) is 1. The Labute approximate surface area is 79.6 Å². The lowest BCUT2D eigenvalue weighted by molar-refractivity contribution is -0.134. The molecule has 0 unspecified atom stereocenters. The van der Waals surface area contributed by atoms with Crippen molar-refractivity contribution in [1.82, 2.24) is 0 Å². The van der Waals surface area contributed by atoms with Crippen LogP contribution in [0, 0.1) is 0 Å². The van der Waals surface area contributed by atoms with Crippen molar-refractivity contribution in [2.24, 2.45) is 0 Å². The molecule has 72 valence electrons. The predicted molar refractivity (Wildman–Crippen MR) is 54.3 cm³/mol. The van der Waals surface area contributed by atoms with E-state index in [0.717, 1.165) is 12.8 Å². The predicted octanol–water partition coefficient (Wildman–Crippen LogP) is 2.63. The van der Waals surface area contributed by atoms with Crippen molar-refractivity contribution in [2.75, 3.05) is 7.11 Å². The van der Waals surface area contributed by atoms with E-state index in [0.29, 0.717) is 0 Å². The number of allylic oxidation sites excluding steroid dienone is 5. The summed E-state index contributed by atoms with van der Waals surface area (Å²) < 4.78 is 4.42. The smallest absolute Gasteiger partial charge is 0.330 e. The van der Waals surface area contributed by atoms with E-state index >= 15 is 0 Å². The highest BCUT2D eigenvalue weighted by atomic mass is 16.5. The SMILES string of the molecule is C/C=C/CC/C=C/C=C/C(=O)OC. The lowest BCUT2D eigenvalue weighted by Crippen LogP contribution is -1.92. The maximum atomic E-state index is 10.6. The zero-order valence-electron chi connectivity index (χ0n) is 8.19. The maximum Gasteiger partial charge on any atom is 0.330 e. The second-order valence-electron chi connectivity index (χ2n) is 2.46. The molecule has 0 N–H and O–H groups in total. The van der Waals surface area contributed by atoms with Gasteiger partial charge in [-0.1, -0.05) is 30.4 Å². The van der Waals surface area contributed by atoms with E-state index in [1.165, 1.54) is 13.2 Å². The molecule has 0 amide bonds. The molecule has 2 nitrogen and oxygen atoms in total. The molecular formula is C11H16O2. The third-order valence-electron chi connectivity index (χ3n) is 1.42. The summed E-state index contributed by atoms with van der Waals surface area (Å²) >= 11 is 0. The fourth-order valence-electron chi connectivity index (χ4n) is 0.736. The average Bonchev–Trinajstić information content (AvgIpc) is 2.16. The summed E-state index contributed by atoms with van der Waals surface area (Å²) in [5.41, 5.74) is 0. The Morgan fingerprint density at radius 3 is 2.54 bits per heavy atom. The molecule has 0 atom stereocenters. The van der Waals surface area contributed by atoms with Crippen LogP contribution in [0.3, 0.4) is 0 Å². The molecule has 2 heteroatoms. The number of methoxy groups -OCH3 is 1. The highest BCUT2D eigenvalue weighted by molar-refractivity contribution is 5.82. The molecule has 0 aliphatic rings. The number of ether oxygens (including phenoxy) is 1. The van der Waals surface area contributed by atoms with E-state index in [9.17, 15) is 4.79 Å². The van der Waals surface area contributed by atoms with Gasteiger partial charge in [0.1, 0.15) is 0 Å². The molecule has 0 saturated heterocycles. The van der Waals surface area contributed by atoms with Gasteiger partial charge in [0.15, 0.2) is 0 Å². The van der Waals surface area contributed by atoms with Crippen LogP contribution in [0.1, 0.15) is 19.8 Å². The first-order valence-corrected chi connectivity index (χ1v) is 4.33. The van der Waals surface area contributed by atoms with Gasteiger partial charge in [-0.25, -0.2) is 4.79 Å². The van der Waals surface area contributed by atoms with Gasteiger partial charge >= 0.3 is 5.97 Å². The zero-order chi connectivity index (χ0) is 9.94. The van der Waals surface area contributed by atoms with Crippen molar-refractivity contribution in [3.63, 3.8) is 0 Å². The van der Waals surface area contributed by atoms with Gasteiger partial charge in [-0.2, -0.15) is 0 Å². The van der Waals surface area contributed by atoms with E-state index in [1.54, 1.807) is 6.08 Å². The minimum Gasteiger partial charge on any atom is -0.466 e. The molecule has 0 aromatic heterocycles. The molecule has 0 spiro atoms. The minimum absolute atomic E-state index is 0.321. The Kier molecular flexibility index (Phi) is 7.90. The maximum absolute atomic E-state index is 10.6. The summed E-state index contributed by atoms with van der Waals surface area (Å²) in [5.74, 6) is -0.321. The summed E-state index contributed by atoms with van der Waals surface area (Å²) in [6, 6.07) is 0. The van der Waals surface area contributed by atoms with Gasteiger partial charge in [0.05, 0.1) is 7.11 Å². The number of hydrogen-bond acceptors (Lipinski definition) is 2. The van der Waals surface area contributed by atoms with E-state index in [4.69, 9.17) is 0 Å². The lowest BCUT2D eigenvalue weighted by atomic mass is 10.2. The van der Waals surface area contributed by atoms with Crippen LogP contribution in [0.15, 0.2) is 36.5 Å². The molecule has 0 rings (SSSR count). The van der Waals surface area contributed by atoms with E-state index < -0.39 is 0 Å². The molecule has 0 aromatic rings. The molecule has 0 radical (unpaired) electrons. The molecule has 13 heavy (non-hydrogen) atoms. The Hall–Kier alpha value is -1.31. The quantitative estimate of drug-likeness (QED) is 0.214. The molecular weight excluding hydrogens is 164 g/mol. The highest BCUT2D eigenvalue weighted by Crippen LogP contribution is 1.92. The first-order valence-electron chi connectivity index (χ1n) is 4.33. The Bertz CT molecular complexity index is 212. The molecule has 0 aliphatic carbocycles.